The number of rotatable bonds is 30. The molecule has 2 N–H and O–H groups in total. The van der Waals surface area contributed by atoms with Crippen molar-refractivity contribution < 1.29 is 60.3 Å². The Morgan fingerprint density at radius 3 is 1.37 bits per heavy atom. The summed E-state index contributed by atoms with van der Waals surface area (Å²) in [5, 5.41) is 18.0. The van der Waals surface area contributed by atoms with Gasteiger partial charge in [-0.2, -0.15) is 0 Å². The maximum absolute atomic E-state index is 11.9. The van der Waals surface area contributed by atoms with Crippen molar-refractivity contribution in [3.8, 4) is 0 Å². The van der Waals surface area contributed by atoms with E-state index in [1.54, 1.807) is 0 Å². The zero-order valence-electron chi connectivity index (χ0n) is 25.6. The van der Waals surface area contributed by atoms with Crippen LogP contribution in [0.2, 0.25) is 0 Å². The summed E-state index contributed by atoms with van der Waals surface area (Å²) in [6.45, 7) is 1.30. The van der Waals surface area contributed by atoms with Crippen LogP contribution >= 0.6 is 49.7 Å². The molecule has 0 saturated heterocycles. The van der Waals surface area contributed by atoms with E-state index in [9.17, 15) is 13.1 Å². The van der Waals surface area contributed by atoms with Crippen molar-refractivity contribution in [3.05, 3.63) is 0 Å². The quantitative estimate of drug-likeness (QED) is 0.0323. The third-order valence-corrected chi connectivity index (χ3v) is 12.0. The Bertz CT molecular complexity index is 798. The van der Waals surface area contributed by atoms with E-state index in [0.717, 1.165) is 106 Å². The predicted molar refractivity (Wildman–Crippen MR) is 182 cm³/mol. The van der Waals surface area contributed by atoms with Gasteiger partial charge in [-0.1, -0.05) is 0 Å². The van der Waals surface area contributed by atoms with Gasteiger partial charge < -0.3 is 10.2 Å². The summed E-state index contributed by atoms with van der Waals surface area (Å²) >= 11 is 21.6. The van der Waals surface area contributed by atoms with Gasteiger partial charge in [0.15, 0.2) is 0 Å². The molecule has 0 fully saturated rings. The number of carbonyl (C=O) groups is 2. The smallest absolute Gasteiger partial charge is 0.481 e. The Morgan fingerprint density at radius 2 is 0.977 bits per heavy atom. The normalized spacial score (nSPS) is 12.5. The minimum atomic E-state index is -1.37. The molecule has 2 atom stereocenters. The van der Waals surface area contributed by atoms with E-state index in [0.29, 0.717) is 23.6 Å². The first kappa shape index (κ1) is 43.5. The first-order valence-corrected chi connectivity index (χ1v) is 20.2. The zero-order chi connectivity index (χ0) is 32.3. The number of carboxylic acids is 2. The molecule has 252 valence electrons. The van der Waals surface area contributed by atoms with Crippen LogP contribution < -0.4 is 0 Å². The van der Waals surface area contributed by atoms with Crippen LogP contribution in [-0.4, -0.2) is 62.9 Å². The molecule has 0 radical (unpaired) electrons. The van der Waals surface area contributed by atoms with Crippen molar-refractivity contribution in [1.82, 2.24) is 7.14 Å². The van der Waals surface area contributed by atoms with Crippen LogP contribution in [0.3, 0.4) is 0 Å². The molecule has 0 aromatic carbocycles. The number of nitrogens with zero attached hydrogens (tertiary/aromatic N) is 2. The average molecular weight is 847 g/mol. The number of hydrogen-bond acceptors (Lipinski definition) is 7. The van der Waals surface area contributed by atoms with Crippen LogP contribution in [0.5, 0.6) is 0 Å². The molecule has 0 aromatic heterocycles. The first-order chi connectivity index (χ1) is 20.6. The molecular weight excluding hydrogens is 793 g/mol. The standard InChI is InChI=1S/C30H56N2O4S4.O.2Tc/c33-29(34)17-13-9-5-1-3-7-11-15-25(37)19-21-27(39)31-23-24-32-28(40)22-20-26(38)16-12-8-4-2-6-10-14-18-30(35)36;;;/h25-26H,1-24H2,(H6,31,32,33,34,35,36,37,38,39,40);;;/q;;2*+1/p-2. The first-order valence-electron chi connectivity index (χ1n) is 15.9. The Hall–Kier alpha value is 0.519. The molecule has 0 heterocycles. The second kappa shape index (κ2) is 29.9. The SMILES string of the molecule is [O]=[Tc][N](CC[N]([Tc])C(=S)CCC(S)CCCCCCCCCC(=O)O)C(=S)CCC(S)CCCCCCCCCC(=O)O. The van der Waals surface area contributed by atoms with Crippen LogP contribution in [-0.2, 0) is 50.1 Å². The summed E-state index contributed by atoms with van der Waals surface area (Å²) in [5.41, 5.74) is 0. The van der Waals surface area contributed by atoms with E-state index in [4.69, 9.17) is 59.9 Å². The minimum absolute atomic E-state index is 0.277. The van der Waals surface area contributed by atoms with Crippen molar-refractivity contribution >= 4 is 71.6 Å². The minimum Gasteiger partial charge on any atom is -0.481 e. The average Bonchev–Trinajstić information content (AvgIpc) is 2.96. The fraction of sp³-hybridized carbons (Fsp3) is 0.867. The van der Waals surface area contributed by atoms with Crippen LogP contribution in [0.25, 0.3) is 0 Å². The van der Waals surface area contributed by atoms with Crippen LogP contribution in [0, 0.1) is 0 Å². The molecule has 0 rings (SSSR count). The molecule has 0 spiro atoms. The topological polar surface area (TPSA) is 98.2 Å². The number of aliphatic carboxylic acids is 2. The van der Waals surface area contributed by atoms with Gasteiger partial charge in [-0.25, -0.2) is 0 Å². The predicted octanol–water partition coefficient (Wildman–Crippen LogP) is 8.40. The van der Waals surface area contributed by atoms with Gasteiger partial charge >= 0.3 is 258 Å². The second-order valence-electron chi connectivity index (χ2n) is 11.2. The van der Waals surface area contributed by atoms with E-state index in [1.807, 2.05) is 7.14 Å². The van der Waals surface area contributed by atoms with Gasteiger partial charge in [0.05, 0.1) is 0 Å². The van der Waals surface area contributed by atoms with Crippen LogP contribution in [0.1, 0.15) is 141 Å². The number of carboxylic acid groups (broad SMARTS) is 2. The molecule has 0 amide bonds. The summed E-state index contributed by atoms with van der Waals surface area (Å²) in [7, 11) is 0. The van der Waals surface area contributed by atoms with Gasteiger partial charge in [-0.15, -0.1) is 0 Å². The summed E-state index contributed by atoms with van der Waals surface area (Å²) in [6.07, 6.45) is 21.2. The molecule has 0 aliphatic carbocycles. The molecule has 0 aliphatic rings. The Kier molecular flexibility index (Phi) is 30.3. The number of unbranched alkanes of at least 4 members (excludes halogenated alkanes) is 12. The summed E-state index contributed by atoms with van der Waals surface area (Å²) in [4.78, 5) is 22.7. The Labute approximate surface area is 301 Å². The Morgan fingerprint density at radius 1 is 0.605 bits per heavy atom. The molecule has 0 bridgehead atoms. The van der Waals surface area contributed by atoms with Gasteiger partial charge in [-0.05, 0) is 12.8 Å². The molecule has 43 heavy (non-hydrogen) atoms. The zero-order valence-corrected chi connectivity index (χ0v) is 32.7. The van der Waals surface area contributed by atoms with Crippen molar-refractivity contribution in [2.45, 2.75) is 152 Å². The second-order valence-corrected chi connectivity index (χ2v) is 16.0. The Balaban J connectivity index is 3.94. The monoisotopic (exact) mass is 844 g/mol. The summed E-state index contributed by atoms with van der Waals surface area (Å²) < 4.78 is 15.8. The van der Waals surface area contributed by atoms with Gasteiger partial charge in [0.25, 0.3) is 0 Å². The fourth-order valence-electron chi connectivity index (χ4n) is 4.69. The van der Waals surface area contributed by atoms with E-state index in [-0.39, 0.29) is 12.8 Å². The molecule has 7 nitrogen and oxygen atoms in total. The molecule has 0 aliphatic heterocycles. The number of thiocarbonyl (C=S) groups is 2. The van der Waals surface area contributed by atoms with Crippen molar-refractivity contribution in [1.29, 1.82) is 0 Å². The fourth-order valence-corrected chi connectivity index (χ4v) is 7.04. The van der Waals surface area contributed by atoms with Crippen molar-refractivity contribution in [2.75, 3.05) is 13.1 Å². The molecule has 0 saturated carbocycles. The van der Waals surface area contributed by atoms with E-state index >= 15 is 0 Å². The van der Waals surface area contributed by atoms with Gasteiger partial charge in [0.1, 0.15) is 0 Å². The van der Waals surface area contributed by atoms with Crippen LogP contribution in [0.4, 0.5) is 0 Å². The van der Waals surface area contributed by atoms with Gasteiger partial charge in [0, 0.05) is 12.8 Å². The summed E-state index contributed by atoms with van der Waals surface area (Å²) in [6, 6.07) is 0. The number of hydrogen-bond donors (Lipinski definition) is 4. The molecule has 13 heteroatoms. The van der Waals surface area contributed by atoms with Gasteiger partial charge in [-0.3, -0.25) is 9.59 Å². The van der Waals surface area contributed by atoms with Crippen LogP contribution in [0.15, 0.2) is 0 Å². The van der Waals surface area contributed by atoms with Crippen molar-refractivity contribution in [3.63, 3.8) is 0 Å². The maximum atomic E-state index is 11.9. The van der Waals surface area contributed by atoms with Crippen molar-refractivity contribution in [2.24, 2.45) is 0 Å². The third-order valence-electron chi connectivity index (χ3n) is 7.36. The molecular formula is C30H54N2O5S4Tc2. The molecule has 0 aromatic rings. The third kappa shape index (κ3) is 28.5. The number of thiol groups is 2. The molecule has 2 unspecified atom stereocenters. The van der Waals surface area contributed by atoms with E-state index in [2.05, 4.69) is 19.1 Å². The van der Waals surface area contributed by atoms with E-state index < -0.39 is 29.8 Å². The van der Waals surface area contributed by atoms with Gasteiger partial charge in [0.2, 0.25) is 0 Å². The summed E-state index contributed by atoms with van der Waals surface area (Å²) in [5.74, 6) is -1.41. The van der Waals surface area contributed by atoms with E-state index in [1.165, 1.54) is 32.1 Å².